The molecule has 0 amide bonds. The zero-order chi connectivity index (χ0) is 12.4. The van der Waals surface area contributed by atoms with Crippen molar-refractivity contribution in [1.29, 1.82) is 0 Å². The number of benzene rings is 1. The molecule has 0 aliphatic heterocycles. The maximum Gasteiger partial charge on any atom is 0.211 e. The van der Waals surface area contributed by atoms with Gasteiger partial charge in [0.1, 0.15) is 5.69 Å². The molecule has 1 aromatic carbocycles. The number of rotatable bonds is 2. The molecular formula is C15H15NO. The van der Waals surface area contributed by atoms with Crippen LogP contribution in [-0.2, 0) is 0 Å². The molecule has 0 aliphatic carbocycles. The fraction of sp³-hybridized carbons (Fsp3) is 0.200. The Morgan fingerprint density at radius 1 is 1.06 bits per heavy atom. The molecule has 0 N–H and O–H groups in total. The zero-order valence-corrected chi connectivity index (χ0v) is 10.3. The van der Waals surface area contributed by atoms with Crippen LogP contribution in [0.15, 0.2) is 36.5 Å². The van der Waals surface area contributed by atoms with Gasteiger partial charge in [0.15, 0.2) is 0 Å². The first-order valence-electron chi connectivity index (χ1n) is 5.62. The van der Waals surface area contributed by atoms with E-state index in [9.17, 15) is 4.79 Å². The van der Waals surface area contributed by atoms with Crippen LogP contribution < -0.4 is 0 Å². The Morgan fingerprint density at radius 3 is 2.47 bits per heavy atom. The van der Waals surface area contributed by atoms with Crippen LogP contribution in [-0.4, -0.2) is 10.8 Å². The number of carbonyl (C=O) groups is 1. The molecule has 0 saturated heterocycles. The molecule has 0 atom stereocenters. The third kappa shape index (κ3) is 2.41. The third-order valence-corrected chi connectivity index (χ3v) is 2.71. The molecule has 0 saturated carbocycles. The van der Waals surface area contributed by atoms with Crippen molar-refractivity contribution in [3.8, 4) is 0 Å². The lowest BCUT2D eigenvalue weighted by Gasteiger charge is -2.05. The first kappa shape index (κ1) is 11.5. The molecular weight excluding hydrogens is 210 g/mol. The van der Waals surface area contributed by atoms with Crippen molar-refractivity contribution in [2.24, 2.45) is 0 Å². The first-order valence-corrected chi connectivity index (χ1v) is 5.62. The Morgan fingerprint density at radius 2 is 1.82 bits per heavy atom. The summed E-state index contributed by atoms with van der Waals surface area (Å²) in [5.74, 6) is -0.00815. The molecule has 0 unspecified atom stereocenters. The van der Waals surface area contributed by atoms with Crippen LogP contribution in [0.4, 0.5) is 0 Å². The largest absolute Gasteiger partial charge is 0.287 e. The summed E-state index contributed by atoms with van der Waals surface area (Å²) in [5.41, 5.74) is 4.33. The van der Waals surface area contributed by atoms with Crippen LogP contribution in [0.1, 0.15) is 32.7 Å². The Hall–Kier alpha value is -1.96. The van der Waals surface area contributed by atoms with Gasteiger partial charge < -0.3 is 0 Å². The van der Waals surface area contributed by atoms with Crippen LogP contribution in [0.3, 0.4) is 0 Å². The lowest BCUT2D eigenvalue weighted by atomic mass is 10.0. The molecule has 86 valence electrons. The molecule has 0 fully saturated rings. The summed E-state index contributed by atoms with van der Waals surface area (Å²) in [5, 5.41) is 0. The summed E-state index contributed by atoms with van der Waals surface area (Å²) >= 11 is 0. The highest BCUT2D eigenvalue weighted by molar-refractivity contribution is 6.08. The Labute approximate surface area is 101 Å². The van der Waals surface area contributed by atoms with Crippen molar-refractivity contribution in [1.82, 2.24) is 4.98 Å². The van der Waals surface area contributed by atoms with Gasteiger partial charge in [0.05, 0.1) is 0 Å². The van der Waals surface area contributed by atoms with Gasteiger partial charge in [-0.05, 0) is 38.0 Å². The smallest absolute Gasteiger partial charge is 0.211 e. The van der Waals surface area contributed by atoms with Gasteiger partial charge in [0.2, 0.25) is 5.78 Å². The normalized spacial score (nSPS) is 10.3. The van der Waals surface area contributed by atoms with Crippen molar-refractivity contribution >= 4 is 5.78 Å². The quantitative estimate of drug-likeness (QED) is 0.734. The molecule has 1 aromatic heterocycles. The molecule has 0 spiro atoms. The Bertz CT molecular complexity index is 573. The van der Waals surface area contributed by atoms with Crippen LogP contribution >= 0.6 is 0 Å². The SMILES string of the molecule is Cc1cccc(C(=O)c2ncc(C)cc2C)c1. The first-order chi connectivity index (χ1) is 8.08. The zero-order valence-electron chi connectivity index (χ0n) is 10.3. The predicted molar refractivity (Wildman–Crippen MR) is 68.3 cm³/mol. The fourth-order valence-corrected chi connectivity index (χ4v) is 1.88. The predicted octanol–water partition coefficient (Wildman–Crippen LogP) is 3.24. The Balaban J connectivity index is 2.44. The van der Waals surface area contributed by atoms with Crippen molar-refractivity contribution in [3.05, 3.63) is 64.5 Å². The van der Waals surface area contributed by atoms with Gasteiger partial charge in [-0.15, -0.1) is 0 Å². The highest BCUT2D eigenvalue weighted by Crippen LogP contribution is 2.14. The molecule has 0 aliphatic rings. The number of hydrogen-bond acceptors (Lipinski definition) is 2. The highest BCUT2D eigenvalue weighted by atomic mass is 16.1. The molecule has 1 heterocycles. The third-order valence-electron chi connectivity index (χ3n) is 2.71. The van der Waals surface area contributed by atoms with E-state index in [4.69, 9.17) is 0 Å². The van der Waals surface area contributed by atoms with Gasteiger partial charge in [-0.2, -0.15) is 0 Å². The second-order valence-corrected chi connectivity index (χ2v) is 4.38. The summed E-state index contributed by atoms with van der Waals surface area (Å²) in [4.78, 5) is 16.5. The van der Waals surface area contributed by atoms with E-state index in [1.54, 1.807) is 6.20 Å². The van der Waals surface area contributed by atoms with Crippen LogP contribution in [0.25, 0.3) is 0 Å². The maximum absolute atomic E-state index is 12.3. The van der Waals surface area contributed by atoms with E-state index in [0.29, 0.717) is 11.3 Å². The van der Waals surface area contributed by atoms with Gasteiger partial charge >= 0.3 is 0 Å². The van der Waals surface area contributed by atoms with Crippen molar-refractivity contribution in [3.63, 3.8) is 0 Å². The van der Waals surface area contributed by atoms with Crippen LogP contribution in [0.5, 0.6) is 0 Å². The number of carbonyl (C=O) groups excluding carboxylic acids is 1. The number of nitrogens with zero attached hydrogens (tertiary/aromatic N) is 1. The van der Waals surface area contributed by atoms with Gasteiger partial charge in [0.25, 0.3) is 0 Å². The van der Waals surface area contributed by atoms with E-state index in [0.717, 1.165) is 16.7 Å². The second-order valence-electron chi connectivity index (χ2n) is 4.38. The van der Waals surface area contributed by atoms with E-state index < -0.39 is 0 Å². The minimum Gasteiger partial charge on any atom is -0.287 e. The number of pyridine rings is 1. The van der Waals surface area contributed by atoms with Gasteiger partial charge in [-0.3, -0.25) is 9.78 Å². The van der Waals surface area contributed by atoms with E-state index in [-0.39, 0.29) is 5.78 Å². The van der Waals surface area contributed by atoms with Crippen molar-refractivity contribution < 1.29 is 4.79 Å². The summed E-state index contributed by atoms with van der Waals surface area (Å²) in [6.07, 6.45) is 1.73. The molecule has 0 radical (unpaired) electrons. The number of ketones is 1. The average molecular weight is 225 g/mol. The molecule has 2 rings (SSSR count). The van der Waals surface area contributed by atoms with E-state index >= 15 is 0 Å². The molecule has 2 aromatic rings. The van der Waals surface area contributed by atoms with E-state index in [1.807, 2.05) is 51.1 Å². The number of aryl methyl sites for hydroxylation is 3. The molecule has 2 heteroatoms. The van der Waals surface area contributed by atoms with E-state index in [2.05, 4.69) is 4.98 Å². The average Bonchev–Trinajstić information content (AvgIpc) is 2.28. The van der Waals surface area contributed by atoms with Gasteiger partial charge in [-0.25, -0.2) is 0 Å². The van der Waals surface area contributed by atoms with E-state index in [1.165, 1.54) is 0 Å². The number of hydrogen-bond donors (Lipinski definition) is 0. The fourth-order valence-electron chi connectivity index (χ4n) is 1.88. The number of aromatic nitrogens is 1. The molecule has 17 heavy (non-hydrogen) atoms. The Kier molecular flexibility index (Phi) is 3.05. The minimum atomic E-state index is -0.00815. The van der Waals surface area contributed by atoms with Crippen molar-refractivity contribution in [2.75, 3.05) is 0 Å². The molecule has 2 nitrogen and oxygen atoms in total. The van der Waals surface area contributed by atoms with Gasteiger partial charge in [0, 0.05) is 11.8 Å². The highest BCUT2D eigenvalue weighted by Gasteiger charge is 2.13. The lowest BCUT2D eigenvalue weighted by Crippen LogP contribution is -2.07. The maximum atomic E-state index is 12.3. The summed E-state index contributed by atoms with van der Waals surface area (Å²) in [6, 6.07) is 9.58. The lowest BCUT2D eigenvalue weighted by molar-refractivity contribution is 0.103. The van der Waals surface area contributed by atoms with Crippen molar-refractivity contribution in [2.45, 2.75) is 20.8 Å². The summed E-state index contributed by atoms with van der Waals surface area (Å²) < 4.78 is 0. The van der Waals surface area contributed by atoms with Crippen LogP contribution in [0.2, 0.25) is 0 Å². The van der Waals surface area contributed by atoms with Crippen LogP contribution in [0, 0.1) is 20.8 Å². The summed E-state index contributed by atoms with van der Waals surface area (Å²) in [7, 11) is 0. The van der Waals surface area contributed by atoms with Gasteiger partial charge in [-0.1, -0.05) is 29.8 Å². The minimum absolute atomic E-state index is 0.00815. The standard InChI is InChI=1S/C15H15NO/c1-10-5-4-6-13(8-10)15(17)14-12(3)7-11(2)9-16-14/h4-9H,1-3H3. The summed E-state index contributed by atoms with van der Waals surface area (Å²) in [6.45, 7) is 5.87. The second kappa shape index (κ2) is 4.50. The topological polar surface area (TPSA) is 30.0 Å². The molecule has 0 bridgehead atoms. The monoisotopic (exact) mass is 225 g/mol.